The fourth-order valence-corrected chi connectivity index (χ4v) is 2.33. The van der Waals surface area contributed by atoms with Gasteiger partial charge < -0.3 is 5.73 Å². The molecule has 0 aliphatic heterocycles. The molecule has 0 aromatic carbocycles. The summed E-state index contributed by atoms with van der Waals surface area (Å²) in [4.78, 5) is 0. The topological polar surface area (TPSA) is 61.7 Å². The molecule has 0 saturated heterocycles. The van der Waals surface area contributed by atoms with E-state index in [4.69, 9.17) is 5.73 Å². The minimum absolute atomic E-state index is 0.493. The molecule has 2 aromatic rings. The van der Waals surface area contributed by atoms with Crippen LogP contribution in [0.2, 0.25) is 0 Å². The van der Waals surface area contributed by atoms with Gasteiger partial charge in [-0.05, 0) is 25.8 Å². The molecule has 2 rings (SSSR count). The molecule has 0 radical (unpaired) electrons. The van der Waals surface area contributed by atoms with Crippen LogP contribution in [-0.4, -0.2) is 19.6 Å². The van der Waals surface area contributed by atoms with Gasteiger partial charge in [0.2, 0.25) is 0 Å². The molecule has 0 fully saturated rings. The zero-order valence-electron chi connectivity index (χ0n) is 12.0. The van der Waals surface area contributed by atoms with E-state index in [1.807, 2.05) is 17.8 Å². The number of hydrogen-bond donors (Lipinski definition) is 1. The van der Waals surface area contributed by atoms with Crippen LogP contribution in [-0.2, 0) is 13.1 Å². The first-order valence-corrected chi connectivity index (χ1v) is 6.94. The Balaban J connectivity index is 2.13. The summed E-state index contributed by atoms with van der Waals surface area (Å²) in [6, 6.07) is 2.56. The van der Waals surface area contributed by atoms with Gasteiger partial charge in [0.05, 0.1) is 24.5 Å². The van der Waals surface area contributed by atoms with E-state index in [1.165, 1.54) is 0 Å². The summed E-state index contributed by atoms with van der Waals surface area (Å²) in [6.07, 6.45) is 6.12. The van der Waals surface area contributed by atoms with Crippen LogP contribution in [0.1, 0.15) is 49.7 Å². The minimum atomic E-state index is 0.493. The van der Waals surface area contributed by atoms with Crippen LogP contribution < -0.4 is 5.73 Å². The predicted octanol–water partition coefficient (Wildman–Crippen LogP) is 2.26. The van der Waals surface area contributed by atoms with Gasteiger partial charge in [0.25, 0.3) is 0 Å². The third-order valence-corrected chi connectivity index (χ3v) is 3.72. The van der Waals surface area contributed by atoms with Crippen molar-refractivity contribution in [1.82, 2.24) is 19.6 Å². The van der Waals surface area contributed by atoms with Crippen molar-refractivity contribution in [2.75, 3.05) is 0 Å². The Morgan fingerprint density at radius 3 is 2.63 bits per heavy atom. The molecule has 0 aliphatic rings. The van der Waals surface area contributed by atoms with Gasteiger partial charge in [0.15, 0.2) is 0 Å². The average Bonchev–Trinajstić information content (AvgIpc) is 3.00. The average molecular weight is 261 g/mol. The van der Waals surface area contributed by atoms with Crippen LogP contribution in [0.15, 0.2) is 18.5 Å². The van der Waals surface area contributed by atoms with Gasteiger partial charge in [0.1, 0.15) is 0 Å². The molecule has 0 unspecified atom stereocenters. The maximum atomic E-state index is 5.66. The molecule has 2 N–H and O–H groups in total. The van der Waals surface area contributed by atoms with Crippen molar-refractivity contribution < 1.29 is 0 Å². The van der Waals surface area contributed by atoms with Gasteiger partial charge in [0, 0.05) is 24.0 Å². The smallest absolute Gasteiger partial charge is 0.0852 e. The van der Waals surface area contributed by atoms with Gasteiger partial charge in [-0.25, -0.2) is 0 Å². The Bertz CT molecular complexity index is 522. The van der Waals surface area contributed by atoms with E-state index in [9.17, 15) is 0 Å². The van der Waals surface area contributed by atoms with Crippen LogP contribution in [0.25, 0.3) is 0 Å². The second kappa shape index (κ2) is 6.02. The third-order valence-electron chi connectivity index (χ3n) is 3.72. The third kappa shape index (κ3) is 2.87. The lowest BCUT2D eigenvalue weighted by Crippen LogP contribution is -2.10. The first-order chi connectivity index (χ1) is 9.19. The SMILES string of the molecule is CCC(CC)n1ccc(Cn2ncc(CN)c2C)n1. The van der Waals surface area contributed by atoms with Crippen molar-refractivity contribution in [1.29, 1.82) is 0 Å². The lowest BCUT2D eigenvalue weighted by Gasteiger charge is -2.12. The second-order valence-corrected chi connectivity index (χ2v) is 4.87. The first-order valence-electron chi connectivity index (χ1n) is 6.94. The van der Waals surface area contributed by atoms with E-state index in [0.29, 0.717) is 19.1 Å². The van der Waals surface area contributed by atoms with Crippen LogP contribution in [0.5, 0.6) is 0 Å². The van der Waals surface area contributed by atoms with Gasteiger partial charge in [-0.15, -0.1) is 0 Å². The van der Waals surface area contributed by atoms with Gasteiger partial charge in [-0.1, -0.05) is 13.8 Å². The van der Waals surface area contributed by atoms with Crippen LogP contribution in [0, 0.1) is 6.92 Å². The lowest BCUT2D eigenvalue weighted by atomic mass is 10.2. The van der Waals surface area contributed by atoms with Gasteiger partial charge in [-0.2, -0.15) is 10.2 Å². The van der Waals surface area contributed by atoms with Crippen molar-refractivity contribution in [3.8, 4) is 0 Å². The molecular weight excluding hydrogens is 238 g/mol. The summed E-state index contributed by atoms with van der Waals surface area (Å²) in [5, 5.41) is 9.01. The summed E-state index contributed by atoms with van der Waals surface area (Å²) in [6.45, 7) is 7.68. The zero-order chi connectivity index (χ0) is 13.8. The molecule has 104 valence electrons. The van der Waals surface area contributed by atoms with Crippen molar-refractivity contribution in [2.24, 2.45) is 5.73 Å². The number of nitrogens with two attached hydrogens (primary N) is 1. The van der Waals surface area contributed by atoms with Crippen LogP contribution in [0.4, 0.5) is 0 Å². The minimum Gasteiger partial charge on any atom is -0.326 e. The molecule has 0 amide bonds. The van der Waals surface area contributed by atoms with Crippen LogP contribution >= 0.6 is 0 Å². The highest BCUT2D eigenvalue weighted by molar-refractivity contribution is 5.16. The van der Waals surface area contributed by atoms with E-state index in [2.05, 4.69) is 41.0 Å². The molecule has 0 spiro atoms. The Morgan fingerprint density at radius 1 is 1.32 bits per heavy atom. The van der Waals surface area contributed by atoms with Crippen molar-refractivity contribution in [3.05, 3.63) is 35.4 Å². The summed E-state index contributed by atoms with van der Waals surface area (Å²) in [5.41, 5.74) is 8.93. The maximum Gasteiger partial charge on any atom is 0.0852 e. The summed E-state index contributed by atoms with van der Waals surface area (Å²) in [5.74, 6) is 0. The highest BCUT2D eigenvalue weighted by Gasteiger charge is 2.10. The number of hydrogen-bond acceptors (Lipinski definition) is 3. The zero-order valence-corrected chi connectivity index (χ0v) is 12.0. The van der Waals surface area contributed by atoms with E-state index < -0.39 is 0 Å². The van der Waals surface area contributed by atoms with E-state index in [-0.39, 0.29) is 0 Å². The molecule has 19 heavy (non-hydrogen) atoms. The molecule has 0 saturated carbocycles. The standard InChI is InChI=1S/C14H23N5/c1-4-14(5-2)18-7-6-13(17-18)10-19-11(3)12(8-15)9-16-19/h6-7,9,14H,4-5,8,10,15H2,1-3H3. The number of aromatic nitrogens is 4. The Hall–Kier alpha value is -1.62. The number of nitrogens with zero attached hydrogens (tertiary/aromatic N) is 4. The Kier molecular flexibility index (Phi) is 4.37. The van der Waals surface area contributed by atoms with Crippen LogP contribution in [0.3, 0.4) is 0 Å². The Labute approximate surface area is 114 Å². The maximum absolute atomic E-state index is 5.66. The normalized spacial score (nSPS) is 11.4. The molecular formula is C14H23N5. The molecule has 0 atom stereocenters. The van der Waals surface area contributed by atoms with Crippen molar-refractivity contribution in [3.63, 3.8) is 0 Å². The highest BCUT2D eigenvalue weighted by Crippen LogP contribution is 2.15. The number of rotatable bonds is 6. The fraction of sp³-hybridized carbons (Fsp3) is 0.571. The lowest BCUT2D eigenvalue weighted by molar-refractivity contribution is 0.423. The van der Waals surface area contributed by atoms with Crippen molar-refractivity contribution in [2.45, 2.75) is 52.7 Å². The monoisotopic (exact) mass is 261 g/mol. The summed E-state index contributed by atoms with van der Waals surface area (Å²) >= 11 is 0. The molecule has 2 aromatic heterocycles. The molecule has 0 aliphatic carbocycles. The highest BCUT2D eigenvalue weighted by atomic mass is 15.3. The van der Waals surface area contributed by atoms with E-state index in [1.54, 1.807) is 0 Å². The summed E-state index contributed by atoms with van der Waals surface area (Å²) < 4.78 is 4.03. The van der Waals surface area contributed by atoms with Gasteiger partial charge in [-0.3, -0.25) is 9.36 Å². The molecule has 5 heteroatoms. The molecule has 0 bridgehead atoms. The van der Waals surface area contributed by atoms with Crippen molar-refractivity contribution >= 4 is 0 Å². The predicted molar refractivity (Wildman–Crippen MR) is 75.8 cm³/mol. The largest absolute Gasteiger partial charge is 0.326 e. The Morgan fingerprint density at radius 2 is 2.05 bits per heavy atom. The molecule has 2 heterocycles. The summed E-state index contributed by atoms with van der Waals surface area (Å²) in [7, 11) is 0. The molecule has 5 nitrogen and oxygen atoms in total. The first kappa shape index (κ1) is 13.8. The van der Waals surface area contributed by atoms with E-state index >= 15 is 0 Å². The second-order valence-electron chi connectivity index (χ2n) is 4.87. The van der Waals surface area contributed by atoms with Gasteiger partial charge >= 0.3 is 0 Å². The quantitative estimate of drug-likeness (QED) is 0.867. The fourth-order valence-electron chi connectivity index (χ4n) is 2.33. The van der Waals surface area contributed by atoms with E-state index in [0.717, 1.165) is 29.8 Å².